The zero-order valence-electron chi connectivity index (χ0n) is 23.3. The quantitative estimate of drug-likeness (QED) is 0.527. The Hall–Kier alpha value is -0.940. The van der Waals surface area contributed by atoms with Crippen LogP contribution in [-0.2, 0) is 9.53 Å². The van der Waals surface area contributed by atoms with Crippen LogP contribution in [0.15, 0.2) is 0 Å². The molecule has 4 heterocycles. The van der Waals surface area contributed by atoms with Crippen LogP contribution in [0.5, 0.6) is 0 Å². The van der Waals surface area contributed by atoms with Crippen molar-refractivity contribution in [3.8, 4) is 0 Å². The molecule has 4 aliphatic heterocycles. The van der Waals surface area contributed by atoms with E-state index in [0.717, 1.165) is 83.5 Å². The monoisotopic (exact) mass is 553 g/mol. The molecular weight excluding hydrogens is 507 g/mol. The van der Waals surface area contributed by atoms with Gasteiger partial charge in [-0.3, -0.25) is 9.69 Å². The van der Waals surface area contributed by atoms with Crippen molar-refractivity contribution in [1.29, 1.82) is 0 Å². The second kappa shape index (κ2) is 10.1. The van der Waals surface area contributed by atoms with Gasteiger partial charge >= 0.3 is 6.18 Å². The van der Waals surface area contributed by atoms with E-state index in [9.17, 15) is 18.0 Å². The normalized spacial score (nSPS) is 44.7. The summed E-state index contributed by atoms with van der Waals surface area (Å²) >= 11 is 0. The number of fused-ring (bicyclic) bond motifs is 2. The summed E-state index contributed by atoms with van der Waals surface area (Å²) in [6.07, 6.45) is 4.28. The fourth-order valence-electron chi connectivity index (χ4n) is 9.55. The summed E-state index contributed by atoms with van der Waals surface area (Å²) in [5.74, 6) is -0.335. The van der Waals surface area contributed by atoms with Gasteiger partial charge in [-0.25, -0.2) is 10.9 Å². The van der Waals surface area contributed by atoms with Crippen LogP contribution in [0.3, 0.4) is 0 Å². The number of nitrogens with one attached hydrogen (secondary N) is 2. The maximum absolute atomic E-state index is 14.4. The third-order valence-corrected chi connectivity index (χ3v) is 12.0. The van der Waals surface area contributed by atoms with Crippen molar-refractivity contribution in [3.63, 3.8) is 0 Å². The molecule has 0 bridgehead atoms. The van der Waals surface area contributed by atoms with E-state index in [1.54, 1.807) is 0 Å². The first-order valence-corrected chi connectivity index (χ1v) is 15.6. The van der Waals surface area contributed by atoms with Crippen LogP contribution in [0.4, 0.5) is 13.2 Å². The lowest BCUT2D eigenvalue weighted by Crippen LogP contribution is -2.56. The van der Waals surface area contributed by atoms with Crippen molar-refractivity contribution in [2.75, 3.05) is 53.1 Å². The third-order valence-electron chi connectivity index (χ3n) is 12.0. The van der Waals surface area contributed by atoms with Crippen LogP contribution >= 0.6 is 0 Å². The Balaban J connectivity index is 1.04. The number of carbonyl (C=O) groups excluding carboxylic acids is 1. The van der Waals surface area contributed by atoms with Gasteiger partial charge in [0.1, 0.15) is 0 Å². The van der Waals surface area contributed by atoms with E-state index in [0.29, 0.717) is 18.9 Å². The van der Waals surface area contributed by atoms with Crippen LogP contribution < -0.4 is 10.9 Å². The van der Waals surface area contributed by atoms with Crippen molar-refractivity contribution in [2.45, 2.75) is 76.2 Å². The Morgan fingerprint density at radius 2 is 1.90 bits per heavy atom. The van der Waals surface area contributed by atoms with Crippen molar-refractivity contribution in [1.82, 2.24) is 25.6 Å². The van der Waals surface area contributed by atoms with Gasteiger partial charge < -0.3 is 14.5 Å². The summed E-state index contributed by atoms with van der Waals surface area (Å²) in [4.78, 5) is 20.5. The second-order valence-electron chi connectivity index (χ2n) is 14.4. The van der Waals surface area contributed by atoms with Crippen LogP contribution in [0.2, 0.25) is 0 Å². The fraction of sp³-hybridized carbons (Fsp3) is 0.966. The van der Waals surface area contributed by atoms with Crippen molar-refractivity contribution in [2.24, 2.45) is 46.8 Å². The average molecular weight is 554 g/mol. The standard InChI is InChI=1S/C29H46F3N5O2/c1-35-17-33-34-26(35)11-28(15-39-16-28)21-3-2-4-22(10-21)37-14-24-23(27(37)38)7-18(8-25(24)29(30,31)32)12-36-6-5-19-9-20(19)13-36/h18-26,33-34H,2-17H2,1H3. The summed E-state index contributed by atoms with van der Waals surface area (Å²) in [6, 6.07) is 0.0629. The van der Waals surface area contributed by atoms with E-state index < -0.39 is 23.9 Å². The van der Waals surface area contributed by atoms with Gasteiger partial charge in [-0.1, -0.05) is 6.42 Å². The maximum atomic E-state index is 14.4. The van der Waals surface area contributed by atoms with Gasteiger partial charge in [-0.05, 0) is 94.5 Å². The largest absolute Gasteiger partial charge is 0.392 e. The Kier molecular flexibility index (Phi) is 6.98. The molecule has 10 heteroatoms. The molecule has 2 N–H and O–H groups in total. The number of amides is 1. The van der Waals surface area contributed by atoms with Crippen molar-refractivity contribution >= 4 is 5.91 Å². The number of nitrogens with zero attached hydrogens (tertiary/aromatic N) is 3. The molecule has 4 saturated heterocycles. The van der Waals surface area contributed by atoms with Gasteiger partial charge in [-0.15, -0.1) is 0 Å². The Morgan fingerprint density at radius 3 is 2.59 bits per heavy atom. The zero-order valence-corrected chi connectivity index (χ0v) is 23.3. The molecule has 220 valence electrons. The predicted molar refractivity (Wildman–Crippen MR) is 140 cm³/mol. The van der Waals surface area contributed by atoms with Gasteiger partial charge in [0.15, 0.2) is 0 Å². The Labute approximate surface area is 230 Å². The van der Waals surface area contributed by atoms with Crippen LogP contribution in [0.1, 0.15) is 57.8 Å². The molecule has 3 saturated carbocycles. The highest BCUT2D eigenvalue weighted by Crippen LogP contribution is 2.53. The molecule has 1 amide bonds. The number of hydrazine groups is 1. The number of alkyl halides is 3. The zero-order chi connectivity index (χ0) is 26.9. The summed E-state index contributed by atoms with van der Waals surface area (Å²) in [5.41, 5.74) is 6.68. The summed E-state index contributed by atoms with van der Waals surface area (Å²) < 4.78 is 49.0. The first kappa shape index (κ1) is 26.9. The smallest absolute Gasteiger partial charge is 0.380 e. The van der Waals surface area contributed by atoms with E-state index in [1.165, 1.54) is 12.8 Å². The lowest BCUT2D eigenvalue weighted by Gasteiger charge is -2.52. The van der Waals surface area contributed by atoms with Crippen LogP contribution in [0, 0.1) is 46.8 Å². The number of piperidine rings is 1. The van der Waals surface area contributed by atoms with Crippen LogP contribution in [0.25, 0.3) is 0 Å². The highest BCUT2D eigenvalue weighted by atomic mass is 19.4. The number of hydrogen-bond acceptors (Lipinski definition) is 6. The molecular formula is C29H46F3N5O2. The van der Waals surface area contributed by atoms with Gasteiger partial charge in [0.2, 0.25) is 5.91 Å². The first-order valence-electron chi connectivity index (χ1n) is 15.6. The highest BCUT2D eigenvalue weighted by molar-refractivity contribution is 5.82. The van der Waals surface area contributed by atoms with Crippen LogP contribution in [-0.4, -0.2) is 92.1 Å². The molecule has 0 aromatic rings. The van der Waals surface area contributed by atoms with E-state index >= 15 is 0 Å². The molecule has 7 fully saturated rings. The predicted octanol–water partition coefficient (Wildman–Crippen LogP) is 3.28. The number of likely N-dealkylation sites (tertiary alicyclic amines) is 2. The van der Waals surface area contributed by atoms with Gasteiger partial charge in [0.05, 0.1) is 32.0 Å². The molecule has 9 atom stereocenters. The number of halogens is 3. The lowest BCUT2D eigenvalue weighted by molar-refractivity contribution is -0.204. The third kappa shape index (κ3) is 5.04. The Morgan fingerprint density at radius 1 is 1.05 bits per heavy atom. The molecule has 0 spiro atoms. The van der Waals surface area contributed by atoms with Gasteiger partial charge in [0, 0.05) is 37.0 Å². The first-order chi connectivity index (χ1) is 18.7. The lowest BCUT2D eigenvalue weighted by atomic mass is 9.64. The number of carbonyl (C=O) groups is 1. The highest BCUT2D eigenvalue weighted by Gasteiger charge is 2.58. The molecule has 39 heavy (non-hydrogen) atoms. The fourth-order valence-corrected chi connectivity index (χ4v) is 9.55. The van der Waals surface area contributed by atoms with E-state index in [4.69, 9.17) is 4.74 Å². The van der Waals surface area contributed by atoms with E-state index in [2.05, 4.69) is 27.7 Å². The van der Waals surface area contributed by atoms with Gasteiger partial charge in [-0.2, -0.15) is 13.2 Å². The molecule has 0 aromatic heterocycles. The summed E-state index contributed by atoms with van der Waals surface area (Å²) in [7, 11) is 2.11. The molecule has 0 radical (unpaired) electrons. The SMILES string of the molecule is CN1CNNC1CC1(C2CCCC(N3CC4C(CC(CN5CCC6CC6C5)CC4C(F)(F)F)C3=O)C2)COC1. The van der Waals surface area contributed by atoms with Crippen molar-refractivity contribution in [3.05, 3.63) is 0 Å². The number of ether oxygens (including phenoxy) is 1. The maximum Gasteiger partial charge on any atom is 0.392 e. The minimum atomic E-state index is -4.24. The van der Waals surface area contributed by atoms with E-state index in [-0.39, 0.29) is 35.9 Å². The summed E-state index contributed by atoms with van der Waals surface area (Å²) in [5, 5.41) is 0. The summed E-state index contributed by atoms with van der Waals surface area (Å²) in [6.45, 7) is 5.38. The minimum Gasteiger partial charge on any atom is -0.380 e. The average Bonchev–Trinajstić information content (AvgIpc) is 3.43. The second-order valence-corrected chi connectivity index (χ2v) is 14.4. The van der Waals surface area contributed by atoms with E-state index in [1.807, 2.05) is 4.90 Å². The van der Waals surface area contributed by atoms with Crippen molar-refractivity contribution < 1.29 is 22.7 Å². The molecule has 9 unspecified atom stereocenters. The molecule has 7 aliphatic rings. The molecule has 3 aliphatic carbocycles. The Bertz CT molecular complexity index is 931. The number of hydrogen-bond donors (Lipinski definition) is 2. The molecule has 7 nitrogen and oxygen atoms in total. The molecule has 0 aromatic carbocycles. The minimum absolute atomic E-state index is 0.0193. The van der Waals surface area contributed by atoms with Gasteiger partial charge in [0.25, 0.3) is 0 Å². The number of rotatable bonds is 6. The topological polar surface area (TPSA) is 60.1 Å². The molecule has 7 rings (SSSR count).